The Morgan fingerprint density at radius 2 is 2.00 bits per heavy atom. The zero-order valence-corrected chi connectivity index (χ0v) is 12.2. The van der Waals surface area contributed by atoms with Gasteiger partial charge in [-0.05, 0) is 17.7 Å². The molecule has 0 bridgehead atoms. The summed E-state index contributed by atoms with van der Waals surface area (Å²) in [4.78, 5) is 5.02. The van der Waals surface area contributed by atoms with E-state index in [0.29, 0.717) is 10.6 Å². The molecular formula is C15H19ClN4. The van der Waals surface area contributed by atoms with Crippen LogP contribution in [-0.2, 0) is 6.54 Å². The fraction of sp³-hybridized carbons (Fsp3) is 0.533. The average molecular weight is 291 g/mol. The number of benzene rings is 1. The summed E-state index contributed by atoms with van der Waals surface area (Å²) in [6, 6.07) is 8.44. The highest BCUT2D eigenvalue weighted by Gasteiger charge is 2.27. The van der Waals surface area contributed by atoms with Crippen LogP contribution in [0, 0.1) is 11.3 Å². The third kappa shape index (κ3) is 2.97. The maximum Gasteiger partial charge on any atom is 0.0992 e. The number of hydrogen-bond donors (Lipinski definition) is 1. The van der Waals surface area contributed by atoms with E-state index in [1.54, 1.807) is 6.07 Å². The van der Waals surface area contributed by atoms with E-state index < -0.39 is 0 Å². The zero-order valence-electron chi connectivity index (χ0n) is 11.5. The minimum atomic E-state index is 0.626. The summed E-state index contributed by atoms with van der Waals surface area (Å²) in [6.07, 6.45) is 0. The smallest absolute Gasteiger partial charge is 0.0992 e. The van der Waals surface area contributed by atoms with Crippen molar-refractivity contribution >= 4 is 11.6 Å². The van der Waals surface area contributed by atoms with Gasteiger partial charge >= 0.3 is 0 Å². The van der Waals surface area contributed by atoms with Crippen molar-refractivity contribution in [2.45, 2.75) is 12.6 Å². The maximum absolute atomic E-state index is 8.85. The van der Waals surface area contributed by atoms with Crippen LogP contribution in [0.15, 0.2) is 18.2 Å². The van der Waals surface area contributed by atoms with E-state index in [-0.39, 0.29) is 0 Å². The molecular weight excluding hydrogens is 272 g/mol. The molecule has 0 amide bonds. The van der Waals surface area contributed by atoms with Crippen molar-refractivity contribution in [2.75, 3.05) is 39.3 Å². The van der Waals surface area contributed by atoms with E-state index in [4.69, 9.17) is 16.9 Å². The van der Waals surface area contributed by atoms with Crippen molar-refractivity contribution in [1.29, 1.82) is 5.26 Å². The number of rotatable bonds is 3. The Morgan fingerprint density at radius 3 is 2.55 bits per heavy atom. The van der Waals surface area contributed by atoms with E-state index in [1.165, 1.54) is 0 Å². The first-order valence-electron chi connectivity index (χ1n) is 7.12. The van der Waals surface area contributed by atoms with Gasteiger partial charge < -0.3 is 5.32 Å². The lowest BCUT2D eigenvalue weighted by molar-refractivity contribution is 0.0696. The van der Waals surface area contributed by atoms with E-state index in [2.05, 4.69) is 21.2 Å². The molecule has 0 spiro atoms. The van der Waals surface area contributed by atoms with E-state index in [9.17, 15) is 0 Å². The van der Waals surface area contributed by atoms with Gasteiger partial charge in [0.05, 0.1) is 11.6 Å². The molecule has 2 heterocycles. The molecule has 0 aromatic heterocycles. The zero-order chi connectivity index (χ0) is 13.9. The number of halogens is 1. The molecule has 3 rings (SSSR count). The van der Waals surface area contributed by atoms with Gasteiger partial charge in [-0.25, -0.2) is 0 Å². The molecule has 1 aromatic carbocycles. The van der Waals surface area contributed by atoms with Crippen LogP contribution in [0.5, 0.6) is 0 Å². The number of nitriles is 1. The van der Waals surface area contributed by atoms with Crippen LogP contribution in [0.4, 0.5) is 0 Å². The fourth-order valence-corrected chi connectivity index (χ4v) is 3.04. The van der Waals surface area contributed by atoms with Gasteiger partial charge in [-0.2, -0.15) is 5.26 Å². The van der Waals surface area contributed by atoms with Crippen molar-refractivity contribution in [3.8, 4) is 6.07 Å². The third-order valence-corrected chi connectivity index (χ3v) is 4.61. The van der Waals surface area contributed by atoms with Crippen molar-refractivity contribution in [3.05, 3.63) is 34.3 Å². The number of nitrogens with one attached hydrogen (secondary N) is 1. The van der Waals surface area contributed by atoms with Crippen LogP contribution in [-0.4, -0.2) is 55.1 Å². The molecule has 1 aromatic rings. The molecule has 2 saturated heterocycles. The van der Waals surface area contributed by atoms with E-state index in [0.717, 1.165) is 57.4 Å². The van der Waals surface area contributed by atoms with Crippen molar-refractivity contribution in [2.24, 2.45) is 0 Å². The van der Waals surface area contributed by atoms with Gasteiger partial charge in [0.1, 0.15) is 0 Å². The first kappa shape index (κ1) is 13.8. The monoisotopic (exact) mass is 290 g/mol. The summed E-state index contributed by atoms with van der Waals surface area (Å²) in [5.74, 6) is 0. The highest BCUT2D eigenvalue weighted by Crippen LogP contribution is 2.20. The molecule has 5 heteroatoms. The van der Waals surface area contributed by atoms with Gasteiger partial charge in [-0.15, -0.1) is 0 Å². The molecule has 0 unspecified atom stereocenters. The summed E-state index contributed by atoms with van der Waals surface area (Å²) in [6.45, 7) is 7.62. The molecule has 0 saturated carbocycles. The number of nitrogens with zero attached hydrogens (tertiary/aromatic N) is 3. The lowest BCUT2D eigenvalue weighted by Crippen LogP contribution is -2.61. The number of piperazine rings is 1. The van der Waals surface area contributed by atoms with E-state index in [1.807, 2.05) is 12.1 Å². The Bertz CT molecular complexity index is 513. The van der Waals surface area contributed by atoms with Gasteiger partial charge in [-0.3, -0.25) is 9.80 Å². The second-order valence-corrected chi connectivity index (χ2v) is 5.95. The highest BCUT2D eigenvalue weighted by molar-refractivity contribution is 6.31. The fourth-order valence-electron chi connectivity index (χ4n) is 2.80. The second kappa shape index (κ2) is 6.11. The van der Waals surface area contributed by atoms with Crippen molar-refractivity contribution in [3.63, 3.8) is 0 Å². The minimum Gasteiger partial charge on any atom is -0.314 e. The molecule has 1 N–H and O–H groups in total. The first-order valence-corrected chi connectivity index (χ1v) is 7.50. The molecule has 4 nitrogen and oxygen atoms in total. The van der Waals surface area contributed by atoms with Gasteiger partial charge in [0.15, 0.2) is 0 Å². The number of hydrogen-bond acceptors (Lipinski definition) is 4. The molecule has 2 aliphatic heterocycles. The van der Waals surface area contributed by atoms with Crippen LogP contribution in [0.1, 0.15) is 11.1 Å². The molecule has 2 fully saturated rings. The summed E-state index contributed by atoms with van der Waals surface area (Å²) in [5, 5.41) is 12.9. The molecule has 0 radical (unpaired) electrons. The largest absolute Gasteiger partial charge is 0.314 e. The standard InChI is InChI=1S/C15H19ClN4/c16-15-7-12(8-17)1-2-13(15)11-19-3-5-20(6-4-19)14-9-18-10-14/h1-2,7,14,18H,3-6,9-11H2. The average Bonchev–Trinajstić information content (AvgIpc) is 2.41. The molecule has 20 heavy (non-hydrogen) atoms. The van der Waals surface area contributed by atoms with Crippen LogP contribution >= 0.6 is 11.6 Å². The van der Waals surface area contributed by atoms with Gasteiger partial charge in [-0.1, -0.05) is 17.7 Å². The van der Waals surface area contributed by atoms with Gasteiger partial charge in [0, 0.05) is 56.9 Å². The quantitative estimate of drug-likeness (QED) is 0.911. The topological polar surface area (TPSA) is 42.3 Å². The lowest BCUT2D eigenvalue weighted by atomic mass is 10.1. The van der Waals surface area contributed by atoms with Gasteiger partial charge in [0.2, 0.25) is 0 Å². The molecule has 0 atom stereocenters. The third-order valence-electron chi connectivity index (χ3n) is 4.26. The predicted octanol–water partition coefficient (Wildman–Crippen LogP) is 1.30. The Kier molecular flexibility index (Phi) is 4.23. The van der Waals surface area contributed by atoms with E-state index >= 15 is 0 Å². The Balaban J connectivity index is 1.55. The van der Waals surface area contributed by atoms with Crippen LogP contribution in [0.25, 0.3) is 0 Å². The molecule has 106 valence electrons. The van der Waals surface area contributed by atoms with Crippen LogP contribution in [0.3, 0.4) is 0 Å². The van der Waals surface area contributed by atoms with Crippen LogP contribution < -0.4 is 5.32 Å². The normalized spacial score (nSPS) is 21.4. The summed E-state index contributed by atoms with van der Waals surface area (Å²) in [7, 11) is 0. The Hall–Kier alpha value is -1.12. The van der Waals surface area contributed by atoms with Crippen LogP contribution in [0.2, 0.25) is 5.02 Å². The lowest BCUT2D eigenvalue weighted by Gasteiger charge is -2.43. The highest BCUT2D eigenvalue weighted by atomic mass is 35.5. The Morgan fingerprint density at radius 1 is 1.25 bits per heavy atom. The summed E-state index contributed by atoms with van der Waals surface area (Å²) < 4.78 is 0. The second-order valence-electron chi connectivity index (χ2n) is 5.54. The SMILES string of the molecule is N#Cc1ccc(CN2CCN(C3CNC3)CC2)c(Cl)c1. The summed E-state index contributed by atoms with van der Waals surface area (Å²) >= 11 is 6.24. The van der Waals surface area contributed by atoms with Gasteiger partial charge in [0.25, 0.3) is 0 Å². The maximum atomic E-state index is 8.85. The Labute approximate surface area is 124 Å². The molecule has 2 aliphatic rings. The summed E-state index contributed by atoms with van der Waals surface area (Å²) in [5.41, 5.74) is 1.74. The first-order chi connectivity index (χ1) is 9.76. The van der Waals surface area contributed by atoms with Crippen molar-refractivity contribution in [1.82, 2.24) is 15.1 Å². The minimum absolute atomic E-state index is 0.626. The molecule has 0 aliphatic carbocycles. The predicted molar refractivity (Wildman–Crippen MR) is 79.7 cm³/mol. The van der Waals surface area contributed by atoms with Crippen molar-refractivity contribution < 1.29 is 0 Å².